The second-order valence-electron chi connectivity index (χ2n) is 4.23. The highest BCUT2D eigenvalue weighted by molar-refractivity contribution is 8.00. The molecule has 1 aromatic rings. The zero-order chi connectivity index (χ0) is 13.5. The van der Waals surface area contributed by atoms with E-state index in [0.717, 1.165) is 23.7 Å². The molecule has 1 heterocycles. The van der Waals surface area contributed by atoms with Crippen LogP contribution in [0.15, 0.2) is 23.1 Å². The minimum absolute atomic E-state index is 0.539. The molecule has 19 heavy (non-hydrogen) atoms. The molecule has 0 saturated carbocycles. The Bertz CT molecular complexity index is 400. The summed E-state index contributed by atoms with van der Waals surface area (Å²) in [5.41, 5.74) is 1.05. The Kier molecular flexibility index (Phi) is 6.84. The number of hydrogen-bond acceptors (Lipinski definition) is 5. The zero-order valence-electron chi connectivity index (χ0n) is 11.0. The van der Waals surface area contributed by atoms with E-state index in [0.29, 0.717) is 13.3 Å². The Morgan fingerprint density at radius 3 is 2.95 bits per heavy atom. The molecule has 0 unspecified atom stereocenters. The van der Waals surface area contributed by atoms with Crippen LogP contribution in [-0.2, 0) is 11.3 Å². The van der Waals surface area contributed by atoms with Crippen LogP contribution in [0.5, 0.6) is 0 Å². The van der Waals surface area contributed by atoms with Gasteiger partial charge in [-0.3, -0.25) is 5.32 Å². The van der Waals surface area contributed by atoms with Gasteiger partial charge >= 0.3 is 0 Å². The van der Waals surface area contributed by atoms with Gasteiger partial charge in [-0.15, -0.1) is 0 Å². The standard InChI is InChI=1S/C13H19ClN2OS2/c1-15-10-17-9-11-8-12(2-3-13(11)14)19-16-4-6-18-7-5-16/h2-3,8,15H,4-7,9-10H2,1H3. The first-order chi connectivity index (χ1) is 9.29. The van der Waals surface area contributed by atoms with Gasteiger partial charge in [-0.25, -0.2) is 4.31 Å². The third-order valence-corrected chi connectivity index (χ3v) is 5.13. The third kappa shape index (κ3) is 5.17. The molecule has 1 aromatic carbocycles. The topological polar surface area (TPSA) is 24.5 Å². The average Bonchev–Trinajstić information content (AvgIpc) is 2.44. The maximum absolute atomic E-state index is 6.19. The molecule has 1 aliphatic heterocycles. The fourth-order valence-electron chi connectivity index (χ4n) is 1.77. The smallest absolute Gasteiger partial charge is 0.0967 e. The molecule has 3 nitrogen and oxygen atoms in total. The zero-order valence-corrected chi connectivity index (χ0v) is 13.4. The quantitative estimate of drug-likeness (QED) is 0.493. The second kappa shape index (κ2) is 8.39. The summed E-state index contributed by atoms with van der Waals surface area (Å²) >= 11 is 10.0. The van der Waals surface area contributed by atoms with Crippen molar-refractivity contribution in [3.8, 4) is 0 Å². The van der Waals surface area contributed by atoms with Gasteiger partial charge in [0.15, 0.2) is 0 Å². The summed E-state index contributed by atoms with van der Waals surface area (Å²) in [6.07, 6.45) is 0. The molecule has 0 atom stereocenters. The van der Waals surface area contributed by atoms with E-state index in [2.05, 4.69) is 21.8 Å². The number of benzene rings is 1. The van der Waals surface area contributed by atoms with Crippen LogP contribution < -0.4 is 5.32 Å². The summed E-state index contributed by atoms with van der Waals surface area (Å²) in [7, 11) is 1.86. The van der Waals surface area contributed by atoms with Gasteiger partial charge in [0.05, 0.1) is 13.3 Å². The van der Waals surface area contributed by atoms with E-state index in [1.165, 1.54) is 16.4 Å². The normalized spacial score (nSPS) is 16.7. The number of hydrogen-bond donors (Lipinski definition) is 1. The Morgan fingerprint density at radius 2 is 2.21 bits per heavy atom. The molecule has 1 aliphatic rings. The van der Waals surface area contributed by atoms with Gasteiger partial charge in [0.25, 0.3) is 0 Å². The first kappa shape index (κ1) is 15.5. The first-order valence-corrected chi connectivity index (χ1v) is 8.61. The molecular weight excluding hydrogens is 300 g/mol. The van der Waals surface area contributed by atoms with Gasteiger partial charge in [0.2, 0.25) is 0 Å². The second-order valence-corrected chi connectivity index (χ2v) is 7.03. The molecule has 1 fully saturated rings. The summed E-state index contributed by atoms with van der Waals surface area (Å²) in [5, 5.41) is 3.73. The first-order valence-electron chi connectivity index (χ1n) is 6.31. The molecule has 0 spiro atoms. The van der Waals surface area contributed by atoms with E-state index in [-0.39, 0.29) is 0 Å². The van der Waals surface area contributed by atoms with E-state index >= 15 is 0 Å². The molecule has 6 heteroatoms. The van der Waals surface area contributed by atoms with Crippen molar-refractivity contribution >= 4 is 35.3 Å². The van der Waals surface area contributed by atoms with Gasteiger partial charge in [-0.05, 0) is 42.8 Å². The van der Waals surface area contributed by atoms with E-state index in [1.54, 1.807) is 0 Å². The molecule has 1 N–H and O–H groups in total. The molecule has 0 amide bonds. The molecular formula is C13H19ClN2OS2. The summed E-state index contributed by atoms with van der Waals surface area (Å²) in [5.74, 6) is 2.44. The maximum atomic E-state index is 6.19. The minimum atomic E-state index is 0.539. The summed E-state index contributed by atoms with van der Waals surface area (Å²) in [4.78, 5) is 1.24. The molecule has 2 rings (SSSR count). The molecule has 0 aliphatic carbocycles. The Hall–Kier alpha value is 0.0900. The van der Waals surface area contributed by atoms with Crippen LogP contribution in [0.4, 0.5) is 0 Å². The monoisotopic (exact) mass is 318 g/mol. The molecule has 0 aromatic heterocycles. The maximum Gasteiger partial charge on any atom is 0.0967 e. The minimum Gasteiger partial charge on any atom is -0.362 e. The molecule has 1 saturated heterocycles. The number of rotatable bonds is 6. The van der Waals surface area contributed by atoms with Crippen LogP contribution in [0, 0.1) is 0 Å². The van der Waals surface area contributed by atoms with Crippen molar-refractivity contribution in [2.24, 2.45) is 0 Å². The van der Waals surface area contributed by atoms with E-state index in [1.807, 2.05) is 36.8 Å². The lowest BCUT2D eigenvalue weighted by atomic mass is 10.2. The van der Waals surface area contributed by atoms with E-state index < -0.39 is 0 Å². The lowest BCUT2D eigenvalue weighted by Gasteiger charge is -2.25. The van der Waals surface area contributed by atoms with Crippen LogP contribution in [-0.4, -0.2) is 42.7 Å². The Balaban J connectivity index is 1.94. The SMILES string of the molecule is CNCOCc1cc(SN2CCSCC2)ccc1Cl. The Labute approximate surface area is 128 Å². The highest BCUT2D eigenvalue weighted by Crippen LogP contribution is 2.29. The number of halogens is 1. The van der Waals surface area contributed by atoms with Gasteiger partial charge in [0, 0.05) is 34.5 Å². The fraction of sp³-hybridized carbons (Fsp3) is 0.538. The number of nitrogens with zero attached hydrogens (tertiary/aromatic N) is 1. The third-order valence-electron chi connectivity index (χ3n) is 2.73. The van der Waals surface area contributed by atoms with Crippen LogP contribution in [0.25, 0.3) is 0 Å². The predicted octanol–water partition coefficient (Wildman–Crippen LogP) is 3.09. The van der Waals surface area contributed by atoms with Crippen molar-refractivity contribution in [2.45, 2.75) is 11.5 Å². The lowest BCUT2D eigenvalue weighted by molar-refractivity contribution is 0.109. The highest BCUT2D eigenvalue weighted by atomic mass is 35.5. The number of nitrogens with one attached hydrogen (secondary N) is 1. The van der Waals surface area contributed by atoms with Crippen LogP contribution in [0.3, 0.4) is 0 Å². The highest BCUT2D eigenvalue weighted by Gasteiger charge is 2.12. The summed E-state index contributed by atoms with van der Waals surface area (Å²) in [6.45, 7) is 3.37. The van der Waals surface area contributed by atoms with Crippen molar-refractivity contribution in [3.63, 3.8) is 0 Å². The van der Waals surface area contributed by atoms with Gasteiger partial charge < -0.3 is 4.74 Å². The fourth-order valence-corrected chi connectivity index (χ4v) is 4.06. The molecule has 106 valence electrons. The van der Waals surface area contributed by atoms with Crippen LogP contribution in [0.1, 0.15) is 5.56 Å². The van der Waals surface area contributed by atoms with Gasteiger partial charge in [-0.2, -0.15) is 11.8 Å². The number of ether oxygens (including phenoxy) is 1. The summed E-state index contributed by atoms with van der Waals surface area (Å²) < 4.78 is 7.89. The largest absolute Gasteiger partial charge is 0.362 e. The molecule has 0 bridgehead atoms. The summed E-state index contributed by atoms with van der Waals surface area (Å²) in [6, 6.07) is 6.17. The van der Waals surface area contributed by atoms with Crippen molar-refractivity contribution < 1.29 is 4.74 Å². The number of thioether (sulfide) groups is 1. The average molecular weight is 319 g/mol. The van der Waals surface area contributed by atoms with Crippen LogP contribution in [0.2, 0.25) is 5.02 Å². The molecule has 0 radical (unpaired) electrons. The predicted molar refractivity (Wildman–Crippen MR) is 84.9 cm³/mol. The van der Waals surface area contributed by atoms with Crippen LogP contribution >= 0.6 is 35.3 Å². The van der Waals surface area contributed by atoms with Crippen molar-refractivity contribution in [2.75, 3.05) is 38.4 Å². The van der Waals surface area contributed by atoms with E-state index in [9.17, 15) is 0 Å². The Morgan fingerprint density at radius 1 is 1.42 bits per heavy atom. The van der Waals surface area contributed by atoms with Crippen molar-refractivity contribution in [3.05, 3.63) is 28.8 Å². The lowest BCUT2D eigenvalue weighted by Crippen LogP contribution is -2.26. The van der Waals surface area contributed by atoms with Crippen molar-refractivity contribution in [1.29, 1.82) is 0 Å². The van der Waals surface area contributed by atoms with Gasteiger partial charge in [0.1, 0.15) is 0 Å². The van der Waals surface area contributed by atoms with E-state index in [4.69, 9.17) is 16.3 Å². The van der Waals surface area contributed by atoms with Crippen molar-refractivity contribution in [1.82, 2.24) is 9.62 Å². The van der Waals surface area contributed by atoms with Gasteiger partial charge in [-0.1, -0.05) is 11.6 Å².